The summed E-state index contributed by atoms with van der Waals surface area (Å²) in [5.41, 5.74) is 2.01. The Kier molecular flexibility index (Phi) is 8.09. The van der Waals surface area contributed by atoms with Crippen molar-refractivity contribution in [2.24, 2.45) is 0 Å². The minimum Gasteiger partial charge on any atom is -0.349 e. The predicted octanol–water partition coefficient (Wildman–Crippen LogP) is 6.33. The minimum absolute atomic E-state index is 0.0185. The van der Waals surface area contributed by atoms with Gasteiger partial charge in [0.1, 0.15) is 5.82 Å². The predicted molar refractivity (Wildman–Crippen MR) is 165 cm³/mol. The molecule has 3 aromatic heterocycles. The van der Waals surface area contributed by atoms with Crippen molar-refractivity contribution in [1.29, 1.82) is 0 Å². The number of amides is 1. The standard InChI is InChI=1S/C31H31Cl2FN6O2/c1-7-24(41)38-14-19(6)39(15-18(38)5)29-21-13-23(33)27(20-9-8-10-22(32)25(20)34)36-30(21)40(31(42)37-29)28-17(4)11-12-35-26(28)16(2)3/h7-13,16,18-19H,1,14-15H2,2-6H3. The molecule has 0 N–H and O–H groups in total. The molecule has 0 aliphatic carbocycles. The van der Waals surface area contributed by atoms with E-state index in [0.29, 0.717) is 35.7 Å². The fourth-order valence-corrected chi connectivity index (χ4v) is 5.96. The molecule has 1 saturated heterocycles. The first-order valence-corrected chi connectivity index (χ1v) is 14.4. The number of benzene rings is 1. The average Bonchev–Trinajstić information content (AvgIpc) is 2.95. The van der Waals surface area contributed by atoms with Gasteiger partial charge in [0.2, 0.25) is 5.91 Å². The SMILES string of the molecule is C=CC(=O)N1CC(C)N(c2nc(=O)n(-c3c(C)ccnc3C(C)C)c3nc(-c4cccc(Cl)c4F)c(Cl)cc23)CC1C. The number of hydrogen-bond acceptors (Lipinski definition) is 6. The number of aromatic nitrogens is 4. The van der Waals surface area contributed by atoms with Crippen molar-refractivity contribution in [1.82, 2.24) is 24.4 Å². The number of fused-ring (bicyclic) bond motifs is 1. The lowest BCUT2D eigenvalue weighted by Crippen LogP contribution is -2.58. The van der Waals surface area contributed by atoms with Crippen LogP contribution in [0.1, 0.15) is 44.9 Å². The van der Waals surface area contributed by atoms with Gasteiger partial charge in [0, 0.05) is 36.9 Å². The van der Waals surface area contributed by atoms with Crippen LogP contribution in [0, 0.1) is 12.7 Å². The Morgan fingerprint density at radius 2 is 1.86 bits per heavy atom. The summed E-state index contributed by atoms with van der Waals surface area (Å²) in [6, 6.07) is 7.72. The van der Waals surface area contributed by atoms with Crippen LogP contribution >= 0.6 is 23.2 Å². The molecule has 5 rings (SSSR count). The van der Waals surface area contributed by atoms with Crippen molar-refractivity contribution in [3.63, 3.8) is 0 Å². The second-order valence-electron chi connectivity index (χ2n) is 10.9. The summed E-state index contributed by atoms with van der Waals surface area (Å²) < 4.78 is 16.7. The van der Waals surface area contributed by atoms with Crippen LogP contribution in [-0.4, -0.2) is 55.5 Å². The van der Waals surface area contributed by atoms with Crippen LogP contribution in [0.5, 0.6) is 0 Å². The van der Waals surface area contributed by atoms with Gasteiger partial charge in [0.15, 0.2) is 11.5 Å². The topological polar surface area (TPSA) is 84.2 Å². The summed E-state index contributed by atoms with van der Waals surface area (Å²) in [5.74, 6) is -0.457. The van der Waals surface area contributed by atoms with Crippen molar-refractivity contribution in [2.45, 2.75) is 52.6 Å². The van der Waals surface area contributed by atoms with E-state index in [1.54, 1.807) is 29.3 Å². The largest absolute Gasteiger partial charge is 0.355 e. The van der Waals surface area contributed by atoms with Gasteiger partial charge < -0.3 is 9.80 Å². The lowest BCUT2D eigenvalue weighted by atomic mass is 10.0. The van der Waals surface area contributed by atoms with Crippen molar-refractivity contribution in [3.05, 3.63) is 86.8 Å². The monoisotopic (exact) mass is 608 g/mol. The van der Waals surface area contributed by atoms with E-state index < -0.39 is 11.5 Å². The van der Waals surface area contributed by atoms with Crippen LogP contribution in [0.3, 0.4) is 0 Å². The number of aryl methyl sites for hydroxylation is 1. The number of hydrogen-bond donors (Lipinski definition) is 0. The Morgan fingerprint density at radius 3 is 2.55 bits per heavy atom. The maximum atomic E-state index is 15.2. The quantitative estimate of drug-likeness (QED) is 0.246. The summed E-state index contributed by atoms with van der Waals surface area (Å²) in [7, 11) is 0. The van der Waals surface area contributed by atoms with E-state index in [1.807, 2.05) is 45.6 Å². The van der Waals surface area contributed by atoms with E-state index in [1.165, 1.54) is 16.7 Å². The van der Waals surface area contributed by atoms with Gasteiger partial charge in [-0.2, -0.15) is 4.98 Å². The van der Waals surface area contributed by atoms with Gasteiger partial charge in [0.25, 0.3) is 0 Å². The first-order valence-electron chi connectivity index (χ1n) is 13.7. The molecule has 0 saturated carbocycles. The Balaban J connectivity index is 1.84. The van der Waals surface area contributed by atoms with Crippen molar-refractivity contribution < 1.29 is 9.18 Å². The van der Waals surface area contributed by atoms with E-state index in [-0.39, 0.29) is 50.9 Å². The van der Waals surface area contributed by atoms with Crippen molar-refractivity contribution in [2.75, 3.05) is 18.0 Å². The van der Waals surface area contributed by atoms with Gasteiger partial charge in [-0.25, -0.2) is 18.7 Å². The third-order valence-corrected chi connectivity index (χ3v) is 8.23. The highest BCUT2D eigenvalue weighted by atomic mass is 35.5. The summed E-state index contributed by atoms with van der Waals surface area (Å²) in [6.45, 7) is 14.2. The second-order valence-corrected chi connectivity index (χ2v) is 11.7. The number of nitrogens with zero attached hydrogens (tertiary/aromatic N) is 6. The molecule has 4 aromatic rings. The lowest BCUT2D eigenvalue weighted by Gasteiger charge is -2.44. The van der Waals surface area contributed by atoms with Crippen LogP contribution in [-0.2, 0) is 4.79 Å². The van der Waals surface area contributed by atoms with Gasteiger partial charge in [-0.3, -0.25) is 9.78 Å². The van der Waals surface area contributed by atoms with Gasteiger partial charge in [-0.1, -0.05) is 49.7 Å². The third kappa shape index (κ3) is 5.05. The van der Waals surface area contributed by atoms with Gasteiger partial charge in [-0.15, -0.1) is 0 Å². The highest BCUT2D eigenvalue weighted by molar-refractivity contribution is 6.34. The van der Waals surface area contributed by atoms with E-state index >= 15 is 4.39 Å². The van der Waals surface area contributed by atoms with Crippen molar-refractivity contribution >= 4 is 46.0 Å². The first-order chi connectivity index (χ1) is 19.9. The Labute approximate surface area is 253 Å². The molecule has 0 radical (unpaired) electrons. The molecule has 0 bridgehead atoms. The molecule has 1 aromatic carbocycles. The zero-order valence-corrected chi connectivity index (χ0v) is 25.5. The molecule has 1 aliphatic rings. The first kappa shape index (κ1) is 29.7. The molecule has 1 fully saturated rings. The van der Waals surface area contributed by atoms with E-state index in [9.17, 15) is 9.59 Å². The average molecular weight is 610 g/mol. The number of anilines is 1. The fraction of sp³-hybridized carbons (Fsp3) is 0.323. The summed E-state index contributed by atoms with van der Waals surface area (Å²) in [5, 5.41) is 0.606. The molecule has 218 valence electrons. The Morgan fingerprint density at radius 1 is 1.12 bits per heavy atom. The Hall–Kier alpha value is -3.82. The van der Waals surface area contributed by atoms with Crippen LogP contribution in [0.25, 0.3) is 28.0 Å². The van der Waals surface area contributed by atoms with Gasteiger partial charge >= 0.3 is 5.69 Å². The maximum Gasteiger partial charge on any atom is 0.355 e. The number of rotatable bonds is 5. The third-order valence-electron chi connectivity index (χ3n) is 7.65. The highest BCUT2D eigenvalue weighted by Gasteiger charge is 2.34. The lowest BCUT2D eigenvalue weighted by molar-refractivity contribution is -0.128. The molecular weight excluding hydrogens is 578 g/mol. The van der Waals surface area contributed by atoms with Crippen LogP contribution in [0.15, 0.2) is 54.0 Å². The van der Waals surface area contributed by atoms with E-state index in [4.69, 9.17) is 28.2 Å². The van der Waals surface area contributed by atoms with E-state index in [0.717, 1.165) is 5.56 Å². The molecule has 0 spiro atoms. The molecule has 11 heteroatoms. The second kappa shape index (κ2) is 11.5. The van der Waals surface area contributed by atoms with Gasteiger partial charge in [0.05, 0.1) is 32.5 Å². The maximum absolute atomic E-state index is 15.2. The molecule has 4 heterocycles. The number of piperazine rings is 1. The molecule has 8 nitrogen and oxygen atoms in total. The molecule has 2 unspecified atom stereocenters. The smallest absolute Gasteiger partial charge is 0.349 e. The number of pyridine rings is 2. The molecule has 2 atom stereocenters. The fourth-order valence-electron chi connectivity index (χ4n) is 5.53. The summed E-state index contributed by atoms with van der Waals surface area (Å²) in [6.07, 6.45) is 3.00. The normalized spacial score (nSPS) is 17.3. The van der Waals surface area contributed by atoms with E-state index in [2.05, 4.69) is 16.5 Å². The summed E-state index contributed by atoms with van der Waals surface area (Å²) >= 11 is 12.9. The van der Waals surface area contributed by atoms with Gasteiger partial charge in [-0.05, 0) is 62.6 Å². The zero-order chi connectivity index (χ0) is 30.5. The molecule has 42 heavy (non-hydrogen) atoms. The number of carbonyl (C=O) groups excluding carboxylic acids is 1. The summed E-state index contributed by atoms with van der Waals surface area (Å²) in [4.78, 5) is 44.2. The van der Waals surface area contributed by atoms with Crippen molar-refractivity contribution in [3.8, 4) is 16.9 Å². The Bertz CT molecular complexity index is 1790. The minimum atomic E-state index is -0.665. The molecule has 1 amide bonds. The number of halogens is 3. The van der Waals surface area contributed by atoms with Crippen LogP contribution in [0.2, 0.25) is 10.0 Å². The highest BCUT2D eigenvalue weighted by Crippen LogP contribution is 2.37. The van der Waals surface area contributed by atoms with Crippen LogP contribution in [0.4, 0.5) is 10.2 Å². The zero-order valence-electron chi connectivity index (χ0n) is 24.0. The van der Waals surface area contributed by atoms with Crippen LogP contribution < -0.4 is 10.6 Å². The molecular formula is C31H31Cl2FN6O2. The molecule has 1 aliphatic heterocycles. The number of carbonyl (C=O) groups is 1.